The Morgan fingerprint density at radius 1 is 1.28 bits per heavy atom. The van der Waals surface area contributed by atoms with Crippen LogP contribution in [0, 0.1) is 0 Å². The lowest BCUT2D eigenvalue weighted by Gasteiger charge is -2.26. The van der Waals surface area contributed by atoms with Crippen molar-refractivity contribution in [2.24, 2.45) is 0 Å². The molecule has 1 saturated carbocycles. The number of nitrogens with zero attached hydrogens (tertiary/aromatic N) is 2. The van der Waals surface area contributed by atoms with Crippen molar-refractivity contribution in [1.29, 1.82) is 0 Å². The van der Waals surface area contributed by atoms with E-state index in [0.717, 1.165) is 24.7 Å². The van der Waals surface area contributed by atoms with Crippen molar-refractivity contribution < 1.29 is 4.52 Å². The van der Waals surface area contributed by atoms with Crippen LogP contribution in [0.2, 0.25) is 0 Å². The third kappa shape index (κ3) is 3.10. The zero-order valence-corrected chi connectivity index (χ0v) is 11.8. The SMILES string of the molecule is CCNC1CCC(c2nc(C(C)CC)no2)CC1. The largest absolute Gasteiger partial charge is 0.339 e. The van der Waals surface area contributed by atoms with Crippen LogP contribution in [0.5, 0.6) is 0 Å². The summed E-state index contributed by atoms with van der Waals surface area (Å²) in [7, 11) is 0. The Kier molecular flexibility index (Phi) is 4.75. The zero-order valence-electron chi connectivity index (χ0n) is 11.8. The predicted octanol–water partition coefficient (Wildman–Crippen LogP) is 3.22. The zero-order chi connectivity index (χ0) is 13.0. The van der Waals surface area contributed by atoms with Crippen LogP contribution in [0.4, 0.5) is 0 Å². The number of hydrogen-bond acceptors (Lipinski definition) is 4. The van der Waals surface area contributed by atoms with Gasteiger partial charge in [-0.25, -0.2) is 0 Å². The third-order valence-electron chi connectivity index (χ3n) is 4.08. The predicted molar refractivity (Wildman–Crippen MR) is 71.7 cm³/mol. The van der Waals surface area contributed by atoms with E-state index in [1.807, 2.05) is 0 Å². The summed E-state index contributed by atoms with van der Waals surface area (Å²) in [6.45, 7) is 7.54. The number of rotatable bonds is 5. The summed E-state index contributed by atoms with van der Waals surface area (Å²) < 4.78 is 5.44. The molecule has 1 aromatic heterocycles. The van der Waals surface area contributed by atoms with Crippen LogP contribution in [-0.4, -0.2) is 22.7 Å². The van der Waals surface area contributed by atoms with Gasteiger partial charge in [0.05, 0.1) is 0 Å². The molecule has 0 aromatic carbocycles. The van der Waals surface area contributed by atoms with E-state index in [-0.39, 0.29) is 0 Å². The van der Waals surface area contributed by atoms with E-state index in [4.69, 9.17) is 4.52 Å². The molecule has 0 spiro atoms. The maximum Gasteiger partial charge on any atom is 0.229 e. The molecule has 0 aliphatic heterocycles. The van der Waals surface area contributed by atoms with Gasteiger partial charge in [0.25, 0.3) is 0 Å². The Bertz CT molecular complexity index is 356. The van der Waals surface area contributed by atoms with Gasteiger partial charge < -0.3 is 9.84 Å². The van der Waals surface area contributed by atoms with E-state index in [9.17, 15) is 0 Å². The first-order valence-electron chi connectivity index (χ1n) is 7.31. The molecule has 1 heterocycles. The highest BCUT2D eigenvalue weighted by Gasteiger charge is 2.26. The van der Waals surface area contributed by atoms with Gasteiger partial charge in [-0.05, 0) is 38.6 Å². The fourth-order valence-corrected chi connectivity index (χ4v) is 2.63. The molecule has 2 rings (SSSR count). The van der Waals surface area contributed by atoms with Crippen molar-refractivity contribution in [3.63, 3.8) is 0 Å². The monoisotopic (exact) mass is 251 g/mol. The maximum atomic E-state index is 5.44. The van der Waals surface area contributed by atoms with Crippen molar-refractivity contribution in [1.82, 2.24) is 15.5 Å². The van der Waals surface area contributed by atoms with Crippen LogP contribution in [0.1, 0.15) is 76.4 Å². The summed E-state index contributed by atoms with van der Waals surface area (Å²) in [5.41, 5.74) is 0. The fourth-order valence-electron chi connectivity index (χ4n) is 2.63. The Morgan fingerprint density at radius 2 is 2.00 bits per heavy atom. The molecular formula is C14H25N3O. The van der Waals surface area contributed by atoms with E-state index in [1.165, 1.54) is 25.7 Å². The van der Waals surface area contributed by atoms with Crippen LogP contribution in [0.25, 0.3) is 0 Å². The van der Waals surface area contributed by atoms with Gasteiger partial charge >= 0.3 is 0 Å². The van der Waals surface area contributed by atoms with E-state index in [2.05, 4.69) is 36.2 Å². The highest BCUT2D eigenvalue weighted by atomic mass is 16.5. The second-order valence-electron chi connectivity index (χ2n) is 5.41. The van der Waals surface area contributed by atoms with Gasteiger partial charge in [-0.15, -0.1) is 0 Å². The molecule has 0 amide bonds. The molecule has 1 atom stereocenters. The molecule has 1 unspecified atom stereocenters. The minimum absolute atomic E-state index is 0.403. The lowest BCUT2D eigenvalue weighted by molar-refractivity contribution is 0.283. The van der Waals surface area contributed by atoms with Gasteiger partial charge in [0.2, 0.25) is 5.89 Å². The normalized spacial score (nSPS) is 26.2. The number of aromatic nitrogens is 2. The second kappa shape index (κ2) is 6.32. The molecule has 18 heavy (non-hydrogen) atoms. The molecule has 0 saturated heterocycles. The minimum Gasteiger partial charge on any atom is -0.339 e. The van der Waals surface area contributed by atoms with Crippen LogP contribution >= 0.6 is 0 Å². The molecule has 102 valence electrons. The quantitative estimate of drug-likeness (QED) is 0.873. The lowest BCUT2D eigenvalue weighted by atomic mass is 9.86. The molecule has 1 aromatic rings. The maximum absolute atomic E-state index is 5.44. The third-order valence-corrected chi connectivity index (χ3v) is 4.08. The Labute approximate surface area is 110 Å². The van der Waals surface area contributed by atoms with Crippen LogP contribution in [-0.2, 0) is 0 Å². The summed E-state index contributed by atoms with van der Waals surface area (Å²) in [6.07, 6.45) is 5.84. The summed E-state index contributed by atoms with van der Waals surface area (Å²) in [5.74, 6) is 2.62. The smallest absolute Gasteiger partial charge is 0.229 e. The average Bonchev–Trinajstić information content (AvgIpc) is 2.89. The molecule has 0 bridgehead atoms. The second-order valence-corrected chi connectivity index (χ2v) is 5.41. The highest BCUT2D eigenvalue weighted by Crippen LogP contribution is 2.32. The van der Waals surface area contributed by atoms with Gasteiger partial charge in [0.15, 0.2) is 5.82 Å². The van der Waals surface area contributed by atoms with Crippen molar-refractivity contribution in [2.75, 3.05) is 6.54 Å². The summed E-state index contributed by atoms with van der Waals surface area (Å²) in [5, 5.41) is 7.64. The van der Waals surface area contributed by atoms with Crippen molar-refractivity contribution >= 4 is 0 Å². The van der Waals surface area contributed by atoms with E-state index < -0.39 is 0 Å². The molecular weight excluding hydrogens is 226 g/mol. The van der Waals surface area contributed by atoms with Gasteiger partial charge in [0.1, 0.15) is 0 Å². The van der Waals surface area contributed by atoms with Crippen molar-refractivity contribution in [3.05, 3.63) is 11.7 Å². The lowest BCUT2D eigenvalue weighted by Crippen LogP contribution is -2.32. The Hall–Kier alpha value is -0.900. The Morgan fingerprint density at radius 3 is 2.61 bits per heavy atom. The van der Waals surface area contributed by atoms with Gasteiger partial charge in [-0.2, -0.15) is 4.98 Å². The first-order valence-corrected chi connectivity index (χ1v) is 7.31. The number of hydrogen-bond donors (Lipinski definition) is 1. The highest BCUT2D eigenvalue weighted by molar-refractivity contribution is 4.99. The van der Waals surface area contributed by atoms with Crippen molar-refractivity contribution in [3.8, 4) is 0 Å². The first kappa shape index (κ1) is 13.5. The van der Waals surface area contributed by atoms with Crippen LogP contribution in [0.15, 0.2) is 4.52 Å². The minimum atomic E-state index is 0.403. The van der Waals surface area contributed by atoms with Crippen LogP contribution in [0.3, 0.4) is 0 Å². The van der Waals surface area contributed by atoms with E-state index in [0.29, 0.717) is 17.9 Å². The van der Waals surface area contributed by atoms with E-state index >= 15 is 0 Å². The van der Waals surface area contributed by atoms with Gasteiger partial charge in [-0.3, -0.25) is 0 Å². The first-order chi connectivity index (χ1) is 8.74. The summed E-state index contributed by atoms with van der Waals surface area (Å²) in [4.78, 5) is 4.58. The molecule has 1 aliphatic carbocycles. The standard InChI is InChI=1S/C14H25N3O/c1-4-10(3)13-16-14(18-17-13)11-6-8-12(9-7-11)15-5-2/h10-12,15H,4-9H2,1-3H3. The van der Waals surface area contributed by atoms with Crippen LogP contribution < -0.4 is 5.32 Å². The Balaban J connectivity index is 1.91. The molecule has 1 aliphatic rings. The van der Waals surface area contributed by atoms with E-state index in [1.54, 1.807) is 0 Å². The molecule has 1 N–H and O–H groups in total. The molecule has 0 radical (unpaired) electrons. The summed E-state index contributed by atoms with van der Waals surface area (Å²) >= 11 is 0. The average molecular weight is 251 g/mol. The van der Waals surface area contributed by atoms with Gasteiger partial charge in [-0.1, -0.05) is 25.9 Å². The molecule has 1 fully saturated rings. The van der Waals surface area contributed by atoms with Crippen molar-refractivity contribution in [2.45, 2.75) is 70.8 Å². The molecule has 4 heteroatoms. The molecule has 4 nitrogen and oxygen atoms in total. The number of nitrogens with one attached hydrogen (secondary N) is 1. The topological polar surface area (TPSA) is 51.0 Å². The van der Waals surface area contributed by atoms with Gasteiger partial charge in [0, 0.05) is 17.9 Å². The fraction of sp³-hybridized carbons (Fsp3) is 0.857. The summed E-state index contributed by atoms with van der Waals surface area (Å²) in [6, 6.07) is 0.684.